The molecule has 0 spiro atoms. The van der Waals surface area contributed by atoms with Gasteiger partial charge in [-0.1, -0.05) is 13.0 Å². The Balaban J connectivity index is 1.99. The lowest BCUT2D eigenvalue weighted by Gasteiger charge is -2.09. The molecule has 1 aromatic heterocycles. The molecule has 0 unspecified atom stereocenters. The van der Waals surface area contributed by atoms with E-state index in [1.807, 2.05) is 42.6 Å². The van der Waals surface area contributed by atoms with Crippen molar-refractivity contribution >= 4 is 34.3 Å². The number of benzene rings is 1. The highest BCUT2D eigenvalue weighted by Gasteiger charge is 2.02. The molecule has 0 aliphatic carbocycles. The summed E-state index contributed by atoms with van der Waals surface area (Å²) in [6, 6.07) is 9.56. The van der Waals surface area contributed by atoms with Crippen molar-refractivity contribution in [2.45, 2.75) is 19.9 Å². The molecule has 0 atom stereocenters. The van der Waals surface area contributed by atoms with Crippen LogP contribution in [0.15, 0.2) is 35.7 Å². The van der Waals surface area contributed by atoms with Gasteiger partial charge in [0, 0.05) is 28.4 Å². The van der Waals surface area contributed by atoms with Gasteiger partial charge in [0.15, 0.2) is 0 Å². The van der Waals surface area contributed by atoms with Crippen LogP contribution in [0.25, 0.3) is 0 Å². The molecule has 0 aliphatic heterocycles. The molecule has 4 N–H and O–H groups in total. The van der Waals surface area contributed by atoms with Crippen LogP contribution in [0.3, 0.4) is 0 Å². The molecule has 0 aliphatic rings. The molecule has 2 rings (SSSR count). The molecule has 1 heterocycles. The quantitative estimate of drug-likeness (QED) is 0.784. The second-order valence-corrected chi connectivity index (χ2v) is 5.14. The Morgan fingerprint density at radius 3 is 2.79 bits per heavy atom. The maximum Gasteiger partial charge on any atom is 0.224 e. The van der Waals surface area contributed by atoms with Crippen LogP contribution in [0.4, 0.5) is 17.1 Å². The van der Waals surface area contributed by atoms with Gasteiger partial charge >= 0.3 is 0 Å². The summed E-state index contributed by atoms with van der Waals surface area (Å²) in [5.74, 6) is 0.0136. The Morgan fingerprint density at radius 1 is 1.32 bits per heavy atom. The third-order valence-electron chi connectivity index (χ3n) is 2.70. The largest absolute Gasteiger partial charge is 0.398 e. The molecule has 4 nitrogen and oxygen atoms in total. The first-order chi connectivity index (χ1) is 9.19. The Labute approximate surface area is 116 Å². The van der Waals surface area contributed by atoms with Gasteiger partial charge < -0.3 is 16.4 Å². The summed E-state index contributed by atoms with van der Waals surface area (Å²) in [5, 5.41) is 8.11. The average molecular weight is 275 g/mol. The number of amides is 1. The number of hydrogen-bond donors (Lipinski definition) is 3. The minimum absolute atomic E-state index is 0.0136. The highest BCUT2D eigenvalue weighted by Crippen LogP contribution is 2.21. The molecule has 1 amide bonds. The van der Waals surface area contributed by atoms with Gasteiger partial charge in [0.25, 0.3) is 0 Å². The topological polar surface area (TPSA) is 67.2 Å². The van der Waals surface area contributed by atoms with Gasteiger partial charge in [-0.05, 0) is 29.6 Å². The Kier molecular flexibility index (Phi) is 4.41. The van der Waals surface area contributed by atoms with E-state index in [0.29, 0.717) is 13.0 Å². The van der Waals surface area contributed by atoms with E-state index in [1.54, 1.807) is 11.3 Å². The number of carbonyl (C=O) groups is 1. The zero-order valence-corrected chi connectivity index (χ0v) is 11.6. The number of rotatable bonds is 5. The Hall–Kier alpha value is -2.01. The van der Waals surface area contributed by atoms with Gasteiger partial charge in [0.2, 0.25) is 5.91 Å². The average Bonchev–Trinajstić information content (AvgIpc) is 2.82. The van der Waals surface area contributed by atoms with Crippen LogP contribution >= 0.6 is 11.3 Å². The number of thiophene rings is 1. The number of hydrogen-bond acceptors (Lipinski definition) is 4. The van der Waals surface area contributed by atoms with Crippen LogP contribution in [-0.2, 0) is 11.3 Å². The molecular formula is C14H17N3OS. The second-order valence-electron chi connectivity index (χ2n) is 4.14. The summed E-state index contributed by atoms with van der Waals surface area (Å²) < 4.78 is 0. The highest BCUT2D eigenvalue weighted by atomic mass is 32.1. The predicted octanol–water partition coefficient (Wildman–Crippen LogP) is 3.29. The van der Waals surface area contributed by atoms with Gasteiger partial charge in [-0.2, -0.15) is 0 Å². The number of nitrogens with one attached hydrogen (secondary N) is 2. The van der Waals surface area contributed by atoms with E-state index in [2.05, 4.69) is 10.6 Å². The smallest absolute Gasteiger partial charge is 0.224 e. The van der Waals surface area contributed by atoms with Crippen LogP contribution in [0.2, 0.25) is 0 Å². The van der Waals surface area contributed by atoms with Crippen LogP contribution in [0, 0.1) is 0 Å². The fourth-order valence-electron chi connectivity index (χ4n) is 1.63. The van der Waals surface area contributed by atoms with E-state index >= 15 is 0 Å². The molecule has 2 aromatic rings. The second kappa shape index (κ2) is 6.24. The van der Waals surface area contributed by atoms with E-state index in [0.717, 1.165) is 21.9 Å². The fourth-order valence-corrected chi connectivity index (χ4v) is 2.37. The minimum atomic E-state index is 0.0136. The molecular weight excluding hydrogens is 258 g/mol. The van der Waals surface area contributed by atoms with E-state index in [1.165, 1.54) is 0 Å². The molecule has 5 heteroatoms. The lowest BCUT2D eigenvalue weighted by atomic mass is 10.2. The first-order valence-electron chi connectivity index (χ1n) is 6.14. The van der Waals surface area contributed by atoms with Gasteiger partial charge in [-0.15, -0.1) is 11.3 Å². The van der Waals surface area contributed by atoms with Crippen molar-refractivity contribution in [2.24, 2.45) is 0 Å². The van der Waals surface area contributed by atoms with Gasteiger partial charge in [0.1, 0.15) is 0 Å². The van der Waals surface area contributed by atoms with Crippen molar-refractivity contribution in [2.75, 3.05) is 16.4 Å². The summed E-state index contributed by atoms with van der Waals surface area (Å²) in [7, 11) is 0. The van der Waals surface area contributed by atoms with Crippen LogP contribution in [0.1, 0.15) is 18.2 Å². The summed E-state index contributed by atoms with van der Waals surface area (Å²) in [6.45, 7) is 2.52. The molecule has 0 bridgehead atoms. The number of anilines is 3. The predicted molar refractivity (Wildman–Crippen MR) is 81.4 cm³/mol. The lowest BCUT2D eigenvalue weighted by molar-refractivity contribution is -0.115. The molecule has 0 saturated heterocycles. The molecule has 1 aromatic carbocycles. The molecule has 0 saturated carbocycles. The molecule has 0 radical (unpaired) electrons. The maximum atomic E-state index is 11.3. The molecule has 0 fully saturated rings. The van der Waals surface area contributed by atoms with E-state index in [9.17, 15) is 4.79 Å². The summed E-state index contributed by atoms with van der Waals surface area (Å²) >= 11 is 1.63. The van der Waals surface area contributed by atoms with E-state index in [-0.39, 0.29) is 5.91 Å². The summed E-state index contributed by atoms with van der Waals surface area (Å²) in [6.07, 6.45) is 0.476. The van der Waals surface area contributed by atoms with E-state index < -0.39 is 0 Å². The van der Waals surface area contributed by atoms with Crippen molar-refractivity contribution in [3.8, 4) is 0 Å². The van der Waals surface area contributed by atoms with Gasteiger partial charge in [0.05, 0.1) is 6.54 Å². The van der Waals surface area contributed by atoms with Crippen LogP contribution in [-0.4, -0.2) is 5.91 Å². The SMILES string of the molecule is CCC(=O)Nc1cccc(NCc2sccc2N)c1. The third kappa shape index (κ3) is 3.72. The fraction of sp³-hybridized carbons (Fsp3) is 0.214. The van der Waals surface area contributed by atoms with Crippen LogP contribution in [0.5, 0.6) is 0 Å². The van der Waals surface area contributed by atoms with Gasteiger partial charge in [-0.25, -0.2) is 0 Å². The number of nitrogen functional groups attached to an aromatic ring is 1. The van der Waals surface area contributed by atoms with Crippen molar-refractivity contribution in [3.63, 3.8) is 0 Å². The Bertz CT molecular complexity index is 565. The van der Waals surface area contributed by atoms with Crippen molar-refractivity contribution in [1.29, 1.82) is 0 Å². The minimum Gasteiger partial charge on any atom is -0.398 e. The van der Waals surface area contributed by atoms with Crippen LogP contribution < -0.4 is 16.4 Å². The molecule has 19 heavy (non-hydrogen) atoms. The van der Waals surface area contributed by atoms with Crippen molar-refractivity contribution in [3.05, 3.63) is 40.6 Å². The zero-order chi connectivity index (χ0) is 13.7. The first kappa shape index (κ1) is 13.4. The number of carbonyl (C=O) groups excluding carboxylic acids is 1. The van der Waals surface area contributed by atoms with Crippen molar-refractivity contribution < 1.29 is 4.79 Å². The Morgan fingerprint density at radius 2 is 2.11 bits per heavy atom. The normalized spacial score (nSPS) is 10.2. The third-order valence-corrected chi connectivity index (χ3v) is 3.64. The highest BCUT2D eigenvalue weighted by molar-refractivity contribution is 7.10. The van der Waals surface area contributed by atoms with Crippen molar-refractivity contribution in [1.82, 2.24) is 0 Å². The molecule has 100 valence electrons. The maximum absolute atomic E-state index is 11.3. The zero-order valence-electron chi connectivity index (χ0n) is 10.8. The van der Waals surface area contributed by atoms with E-state index in [4.69, 9.17) is 5.73 Å². The summed E-state index contributed by atoms with van der Waals surface area (Å²) in [5.41, 5.74) is 8.41. The lowest BCUT2D eigenvalue weighted by Crippen LogP contribution is -2.09. The number of nitrogens with two attached hydrogens (primary N) is 1. The van der Waals surface area contributed by atoms with Gasteiger partial charge in [-0.3, -0.25) is 4.79 Å². The monoisotopic (exact) mass is 275 g/mol. The first-order valence-corrected chi connectivity index (χ1v) is 7.02. The standard InChI is InChI=1S/C14H17N3OS/c1-2-14(18)17-11-5-3-4-10(8-11)16-9-13-12(15)6-7-19-13/h3-8,16H,2,9,15H2,1H3,(H,17,18). The summed E-state index contributed by atoms with van der Waals surface area (Å²) in [4.78, 5) is 12.4.